The van der Waals surface area contributed by atoms with E-state index in [0.29, 0.717) is 5.71 Å². The monoisotopic (exact) mass is 496 g/mol. The van der Waals surface area contributed by atoms with Crippen LogP contribution in [0.25, 0.3) is 27.6 Å². The maximum Gasteiger partial charge on any atom is 0.123 e. The van der Waals surface area contributed by atoms with Crippen molar-refractivity contribution in [2.45, 2.75) is 6.10 Å². The molecule has 0 aliphatic heterocycles. The molecule has 0 saturated carbocycles. The molecular formula is C31H24N6O. The molecule has 184 valence electrons. The summed E-state index contributed by atoms with van der Waals surface area (Å²) in [7, 11) is 1.66. The van der Waals surface area contributed by atoms with Gasteiger partial charge in [-0.05, 0) is 41.5 Å². The maximum absolute atomic E-state index is 10.8. The summed E-state index contributed by atoms with van der Waals surface area (Å²) in [6.07, 6.45) is 3.01. The van der Waals surface area contributed by atoms with Crippen LogP contribution in [-0.2, 0) is 0 Å². The number of aliphatic hydroxyl groups excluding tert-OH is 1. The number of hydrogen-bond donors (Lipinski definition) is 2. The highest BCUT2D eigenvalue weighted by Gasteiger charge is 2.19. The summed E-state index contributed by atoms with van der Waals surface area (Å²) in [5, 5.41) is 36.5. The molecule has 1 aliphatic rings. The van der Waals surface area contributed by atoms with Crippen LogP contribution in [0.1, 0.15) is 17.2 Å². The van der Waals surface area contributed by atoms with Crippen LogP contribution in [0.5, 0.6) is 0 Å². The van der Waals surface area contributed by atoms with Gasteiger partial charge in [-0.1, -0.05) is 78.9 Å². The van der Waals surface area contributed by atoms with E-state index in [1.54, 1.807) is 7.05 Å². The summed E-state index contributed by atoms with van der Waals surface area (Å²) in [6.45, 7) is 0. The first-order chi connectivity index (χ1) is 18.7. The molecule has 6 rings (SSSR count). The summed E-state index contributed by atoms with van der Waals surface area (Å²) in [5.41, 5.74) is 8.64. The molecule has 1 aliphatic carbocycles. The second-order valence-electron chi connectivity index (χ2n) is 8.84. The largest absolute Gasteiger partial charge is 0.382 e. The quantitative estimate of drug-likeness (QED) is 0.188. The van der Waals surface area contributed by atoms with E-state index in [2.05, 4.69) is 31.0 Å². The smallest absolute Gasteiger partial charge is 0.123 e. The highest BCUT2D eigenvalue weighted by Crippen LogP contribution is 2.36. The number of aliphatic hydroxyl groups is 1. The van der Waals surface area contributed by atoms with Crippen molar-refractivity contribution in [1.82, 2.24) is 0 Å². The summed E-state index contributed by atoms with van der Waals surface area (Å²) >= 11 is 0. The predicted molar refractivity (Wildman–Crippen MR) is 154 cm³/mol. The van der Waals surface area contributed by atoms with Crippen molar-refractivity contribution in [1.29, 1.82) is 0 Å². The molecule has 0 spiro atoms. The van der Waals surface area contributed by atoms with E-state index < -0.39 is 6.10 Å². The predicted octanol–water partition coefficient (Wildman–Crippen LogP) is 8.65. The van der Waals surface area contributed by atoms with Gasteiger partial charge in [-0.25, -0.2) is 0 Å². The Labute approximate surface area is 219 Å². The van der Waals surface area contributed by atoms with E-state index in [1.165, 1.54) is 0 Å². The molecule has 5 aromatic rings. The molecule has 7 nitrogen and oxygen atoms in total. The standard InChI is InChI=1S/C31H24N6O/c1-32-33-28-18-19-29(23-11-5-4-10-22(23)28)36-34-26-14-6-13-25-24(26)12-7-15-27(25)35-37-30-17-16-20-8-2-3-9-21(20)31(30)38/h2-19,31,35,38H,1H3/b33-32+,36-34+,37-30-. The average molecular weight is 497 g/mol. The van der Waals surface area contributed by atoms with E-state index in [0.717, 1.165) is 55.4 Å². The first kappa shape index (κ1) is 23.4. The lowest BCUT2D eigenvalue weighted by Gasteiger charge is -2.18. The molecule has 0 saturated heterocycles. The van der Waals surface area contributed by atoms with Crippen molar-refractivity contribution in [2.24, 2.45) is 25.6 Å². The molecule has 0 radical (unpaired) electrons. The Hall–Kier alpha value is -5.01. The summed E-state index contributed by atoms with van der Waals surface area (Å²) in [5.74, 6) is 0. The molecule has 38 heavy (non-hydrogen) atoms. The Kier molecular flexibility index (Phi) is 6.25. The van der Waals surface area contributed by atoms with Gasteiger partial charge in [0.05, 0.1) is 28.5 Å². The summed E-state index contributed by atoms with van der Waals surface area (Å²) in [4.78, 5) is 0. The van der Waals surface area contributed by atoms with Crippen molar-refractivity contribution >= 4 is 56.1 Å². The fourth-order valence-corrected chi connectivity index (χ4v) is 4.70. The second kappa shape index (κ2) is 10.2. The number of hydrazone groups is 1. The normalized spacial score (nSPS) is 16.2. The molecule has 0 bridgehead atoms. The number of hydrogen-bond acceptors (Lipinski definition) is 7. The molecule has 1 unspecified atom stereocenters. The van der Waals surface area contributed by atoms with E-state index in [4.69, 9.17) is 0 Å². The van der Waals surface area contributed by atoms with Crippen LogP contribution < -0.4 is 5.43 Å². The maximum atomic E-state index is 10.8. The lowest BCUT2D eigenvalue weighted by Crippen LogP contribution is -2.15. The van der Waals surface area contributed by atoms with Crippen molar-refractivity contribution in [3.05, 3.63) is 114 Å². The molecule has 7 heteroatoms. The number of azo groups is 2. The van der Waals surface area contributed by atoms with Crippen LogP contribution in [-0.4, -0.2) is 17.9 Å². The lowest BCUT2D eigenvalue weighted by atomic mass is 9.94. The number of benzene rings is 5. The first-order valence-electron chi connectivity index (χ1n) is 12.3. The Morgan fingerprint density at radius 3 is 2.00 bits per heavy atom. The topological polar surface area (TPSA) is 94.1 Å². The number of anilines is 1. The third kappa shape index (κ3) is 4.36. The number of fused-ring (bicyclic) bond motifs is 3. The number of nitrogens with zero attached hydrogens (tertiary/aromatic N) is 5. The zero-order chi connectivity index (χ0) is 25.9. The van der Waals surface area contributed by atoms with Crippen molar-refractivity contribution in [3.63, 3.8) is 0 Å². The molecule has 0 aromatic heterocycles. The van der Waals surface area contributed by atoms with Crippen LogP contribution in [0.2, 0.25) is 0 Å². The Morgan fingerprint density at radius 1 is 0.605 bits per heavy atom. The van der Waals surface area contributed by atoms with Crippen molar-refractivity contribution < 1.29 is 5.11 Å². The number of nitrogens with one attached hydrogen (secondary N) is 1. The van der Waals surface area contributed by atoms with Crippen LogP contribution in [0.3, 0.4) is 0 Å². The lowest BCUT2D eigenvalue weighted by molar-refractivity contribution is 0.247. The zero-order valence-corrected chi connectivity index (χ0v) is 20.7. The fraction of sp³-hybridized carbons (Fsp3) is 0.0645. The van der Waals surface area contributed by atoms with Gasteiger partial charge < -0.3 is 5.11 Å². The first-order valence-corrected chi connectivity index (χ1v) is 12.3. The van der Waals surface area contributed by atoms with Crippen molar-refractivity contribution in [3.8, 4) is 0 Å². The second-order valence-corrected chi connectivity index (χ2v) is 8.84. The summed E-state index contributed by atoms with van der Waals surface area (Å²) in [6, 6.07) is 31.4. The van der Waals surface area contributed by atoms with Gasteiger partial charge in [-0.15, -0.1) is 10.2 Å². The van der Waals surface area contributed by atoms with Gasteiger partial charge in [0.2, 0.25) is 0 Å². The van der Waals surface area contributed by atoms with E-state index >= 15 is 0 Å². The zero-order valence-electron chi connectivity index (χ0n) is 20.7. The molecule has 5 aromatic carbocycles. The highest BCUT2D eigenvalue weighted by molar-refractivity contribution is 6.06. The van der Waals surface area contributed by atoms with Gasteiger partial charge in [0, 0.05) is 28.6 Å². The minimum atomic E-state index is -0.789. The average Bonchev–Trinajstić information content (AvgIpc) is 2.96. The van der Waals surface area contributed by atoms with E-state index in [-0.39, 0.29) is 0 Å². The molecule has 1 atom stereocenters. The Balaban J connectivity index is 1.33. The third-order valence-corrected chi connectivity index (χ3v) is 6.56. The summed E-state index contributed by atoms with van der Waals surface area (Å²) < 4.78 is 0. The van der Waals surface area contributed by atoms with Gasteiger partial charge >= 0.3 is 0 Å². The van der Waals surface area contributed by atoms with Gasteiger partial charge in [0.15, 0.2) is 0 Å². The van der Waals surface area contributed by atoms with Crippen molar-refractivity contribution in [2.75, 3.05) is 12.5 Å². The van der Waals surface area contributed by atoms with Gasteiger partial charge in [0.25, 0.3) is 0 Å². The SMILES string of the molecule is C/N=N/c1ccc(/N=N/c2cccc3c(N/N=C4/C=Cc5ccccc5C4O)cccc23)c2ccccc12. The van der Waals surface area contributed by atoms with Gasteiger partial charge in [-0.2, -0.15) is 15.3 Å². The Morgan fingerprint density at radius 2 is 1.21 bits per heavy atom. The molecule has 2 N–H and O–H groups in total. The third-order valence-electron chi connectivity index (χ3n) is 6.56. The minimum absolute atomic E-state index is 0.550. The van der Waals surface area contributed by atoms with Crippen LogP contribution >= 0.6 is 0 Å². The molecule has 0 amide bonds. The van der Waals surface area contributed by atoms with Gasteiger partial charge in [-0.3, -0.25) is 5.43 Å². The number of rotatable bonds is 5. The molecular weight excluding hydrogens is 472 g/mol. The molecule has 0 fully saturated rings. The van der Waals surface area contributed by atoms with E-state index in [1.807, 2.05) is 109 Å². The van der Waals surface area contributed by atoms with Crippen LogP contribution in [0.4, 0.5) is 22.7 Å². The van der Waals surface area contributed by atoms with Crippen LogP contribution in [0, 0.1) is 0 Å². The minimum Gasteiger partial charge on any atom is -0.382 e. The highest BCUT2D eigenvalue weighted by atomic mass is 16.3. The van der Waals surface area contributed by atoms with Gasteiger partial charge in [0.1, 0.15) is 6.10 Å². The Bertz CT molecular complexity index is 1790. The fourth-order valence-electron chi connectivity index (χ4n) is 4.70. The molecule has 0 heterocycles. The van der Waals surface area contributed by atoms with Crippen LogP contribution in [0.15, 0.2) is 129 Å². The van der Waals surface area contributed by atoms with E-state index in [9.17, 15) is 5.11 Å².